The molecule has 0 aliphatic carbocycles. The molecule has 1 aliphatic heterocycles. The van der Waals surface area contributed by atoms with Crippen molar-refractivity contribution in [2.75, 3.05) is 25.1 Å². The van der Waals surface area contributed by atoms with Crippen LogP contribution in [0, 0.1) is 9.39 Å². The molecular weight excluding hydrogens is 528 g/mol. The van der Waals surface area contributed by atoms with Gasteiger partial charge in [-0.1, -0.05) is 13.0 Å². The Morgan fingerprint density at radius 1 is 1.28 bits per heavy atom. The molecule has 9 heteroatoms. The standard InChI is InChI=1S/C23H29FIN3O4/c1-6-13-7-8-15(14(24)11-13)27-20-18-17(19(25)22(30)28(20)5)16(12-26-21(18)29)31-9-10-32-23(2,3)4/h7-8,11,16,27H,6,9-10,12H2,1-5H3,(H,26,29). The number of nitrogens with one attached hydrogen (secondary N) is 2. The van der Waals surface area contributed by atoms with Crippen molar-refractivity contribution in [2.45, 2.75) is 45.8 Å². The molecule has 0 radical (unpaired) electrons. The fraction of sp³-hybridized carbons (Fsp3) is 0.478. The van der Waals surface area contributed by atoms with Crippen LogP contribution in [0.1, 0.15) is 55.3 Å². The van der Waals surface area contributed by atoms with E-state index in [0.29, 0.717) is 28.8 Å². The minimum atomic E-state index is -0.514. The van der Waals surface area contributed by atoms with Crippen LogP contribution in [-0.2, 0) is 22.9 Å². The van der Waals surface area contributed by atoms with Gasteiger partial charge in [0.05, 0.1) is 33.6 Å². The number of ether oxygens (including phenoxy) is 2. The minimum absolute atomic E-state index is 0.190. The zero-order valence-corrected chi connectivity index (χ0v) is 21.1. The van der Waals surface area contributed by atoms with Crippen LogP contribution in [0.25, 0.3) is 0 Å². The molecule has 2 N–H and O–H groups in total. The van der Waals surface area contributed by atoms with E-state index in [2.05, 4.69) is 10.6 Å². The maximum Gasteiger partial charge on any atom is 0.265 e. The van der Waals surface area contributed by atoms with E-state index in [1.54, 1.807) is 13.1 Å². The lowest BCUT2D eigenvalue weighted by Gasteiger charge is -2.30. The first kappa shape index (κ1) is 24.7. The van der Waals surface area contributed by atoms with Crippen molar-refractivity contribution in [1.29, 1.82) is 0 Å². The highest BCUT2D eigenvalue weighted by Gasteiger charge is 2.34. The highest BCUT2D eigenvalue weighted by atomic mass is 127. The fourth-order valence-electron chi connectivity index (χ4n) is 3.51. The highest BCUT2D eigenvalue weighted by molar-refractivity contribution is 14.1. The Morgan fingerprint density at radius 2 is 2.00 bits per heavy atom. The van der Waals surface area contributed by atoms with Crippen LogP contribution >= 0.6 is 22.6 Å². The molecule has 1 atom stereocenters. The summed E-state index contributed by atoms with van der Waals surface area (Å²) in [5.74, 6) is -0.565. The third-order valence-electron chi connectivity index (χ3n) is 5.20. The van der Waals surface area contributed by atoms with Crippen molar-refractivity contribution in [3.8, 4) is 0 Å². The third-order valence-corrected chi connectivity index (χ3v) is 6.24. The predicted molar refractivity (Wildman–Crippen MR) is 130 cm³/mol. The molecule has 2 heterocycles. The normalized spacial score (nSPS) is 16.0. The number of carbonyl (C=O) groups is 1. The molecule has 1 aliphatic rings. The molecule has 2 aromatic rings. The lowest BCUT2D eigenvalue weighted by Crippen LogP contribution is -2.41. The number of fused-ring (bicyclic) bond motifs is 1. The molecule has 0 spiro atoms. The van der Waals surface area contributed by atoms with Crippen LogP contribution < -0.4 is 16.2 Å². The summed E-state index contributed by atoms with van der Waals surface area (Å²) in [7, 11) is 1.56. The van der Waals surface area contributed by atoms with Gasteiger partial charge in [-0.05, 0) is 67.5 Å². The molecule has 1 unspecified atom stereocenters. The zero-order chi connectivity index (χ0) is 23.6. The first-order valence-corrected chi connectivity index (χ1v) is 11.6. The van der Waals surface area contributed by atoms with Crippen molar-refractivity contribution in [3.63, 3.8) is 0 Å². The topological polar surface area (TPSA) is 81.6 Å². The van der Waals surface area contributed by atoms with E-state index in [4.69, 9.17) is 9.47 Å². The Hall–Kier alpha value is -1.98. The molecule has 1 aromatic carbocycles. The van der Waals surface area contributed by atoms with Crippen molar-refractivity contribution in [2.24, 2.45) is 7.05 Å². The first-order valence-electron chi connectivity index (χ1n) is 10.5. The fourth-order valence-corrected chi connectivity index (χ4v) is 4.49. The van der Waals surface area contributed by atoms with E-state index in [9.17, 15) is 14.0 Å². The summed E-state index contributed by atoms with van der Waals surface area (Å²) in [5.41, 5.74) is 1.27. The zero-order valence-electron chi connectivity index (χ0n) is 19.0. The average molecular weight is 557 g/mol. The van der Waals surface area contributed by atoms with Gasteiger partial charge in [0.25, 0.3) is 11.5 Å². The van der Waals surface area contributed by atoms with Gasteiger partial charge in [0.15, 0.2) is 0 Å². The van der Waals surface area contributed by atoms with Crippen LogP contribution in [0.5, 0.6) is 0 Å². The highest BCUT2D eigenvalue weighted by Crippen LogP contribution is 2.34. The van der Waals surface area contributed by atoms with Crippen LogP contribution in [0.2, 0.25) is 0 Å². The van der Waals surface area contributed by atoms with Crippen LogP contribution in [0.3, 0.4) is 0 Å². The number of rotatable bonds is 7. The monoisotopic (exact) mass is 557 g/mol. The molecule has 0 fully saturated rings. The minimum Gasteiger partial charge on any atom is -0.373 e. The lowest BCUT2D eigenvalue weighted by molar-refractivity contribution is -0.0525. The second-order valence-electron chi connectivity index (χ2n) is 8.64. The summed E-state index contributed by atoms with van der Waals surface area (Å²) in [5, 5.41) is 5.79. The summed E-state index contributed by atoms with van der Waals surface area (Å²) >= 11 is 1.95. The Balaban J connectivity index is 1.99. The number of halogens is 2. The Kier molecular flexibility index (Phi) is 7.61. The number of hydrogen-bond acceptors (Lipinski definition) is 5. The van der Waals surface area contributed by atoms with Gasteiger partial charge < -0.3 is 20.1 Å². The van der Waals surface area contributed by atoms with Gasteiger partial charge in [0.1, 0.15) is 17.7 Å². The molecule has 174 valence electrons. The summed E-state index contributed by atoms with van der Waals surface area (Å²) in [4.78, 5) is 25.8. The number of pyridine rings is 1. The Bertz CT molecular complexity index is 1080. The Labute approximate surface area is 200 Å². The van der Waals surface area contributed by atoms with Crippen molar-refractivity contribution in [3.05, 3.63) is 54.6 Å². The molecule has 0 saturated carbocycles. The Morgan fingerprint density at radius 3 is 2.62 bits per heavy atom. The molecule has 0 saturated heterocycles. The van der Waals surface area contributed by atoms with E-state index in [-0.39, 0.29) is 40.7 Å². The molecule has 0 bridgehead atoms. The summed E-state index contributed by atoms with van der Waals surface area (Å²) < 4.78 is 28.1. The average Bonchev–Trinajstić information content (AvgIpc) is 2.73. The second-order valence-corrected chi connectivity index (χ2v) is 9.72. The number of anilines is 2. The summed E-state index contributed by atoms with van der Waals surface area (Å²) in [6.07, 6.45) is 0.189. The lowest BCUT2D eigenvalue weighted by atomic mass is 9.98. The second kappa shape index (κ2) is 9.88. The van der Waals surface area contributed by atoms with E-state index >= 15 is 0 Å². The van der Waals surface area contributed by atoms with Gasteiger partial charge >= 0.3 is 0 Å². The number of aromatic nitrogens is 1. The summed E-state index contributed by atoms with van der Waals surface area (Å²) in [6, 6.07) is 4.87. The number of amides is 1. The number of benzene rings is 1. The van der Waals surface area contributed by atoms with E-state index in [1.165, 1.54) is 10.6 Å². The SMILES string of the molecule is CCc1ccc(Nc2c3c(c(I)c(=O)n2C)C(OCCOC(C)(C)C)CNC3=O)c(F)c1. The maximum atomic E-state index is 14.7. The molecule has 1 aromatic heterocycles. The summed E-state index contributed by atoms with van der Waals surface area (Å²) in [6.45, 7) is 8.74. The number of carbonyl (C=O) groups excluding carboxylic acids is 1. The van der Waals surface area contributed by atoms with Crippen molar-refractivity contribution < 1.29 is 18.7 Å². The quantitative estimate of drug-likeness (QED) is 0.397. The number of hydrogen-bond donors (Lipinski definition) is 2. The van der Waals surface area contributed by atoms with E-state index < -0.39 is 11.9 Å². The molecular formula is C23H29FIN3O4. The van der Waals surface area contributed by atoms with Gasteiger partial charge in [-0.15, -0.1) is 0 Å². The van der Waals surface area contributed by atoms with Crippen molar-refractivity contribution >= 4 is 40.0 Å². The largest absolute Gasteiger partial charge is 0.373 e. The van der Waals surface area contributed by atoms with Gasteiger partial charge in [-0.25, -0.2) is 4.39 Å². The van der Waals surface area contributed by atoms with Crippen LogP contribution in [0.15, 0.2) is 23.0 Å². The molecule has 1 amide bonds. The van der Waals surface area contributed by atoms with Crippen molar-refractivity contribution in [1.82, 2.24) is 9.88 Å². The van der Waals surface area contributed by atoms with E-state index in [0.717, 1.165) is 5.56 Å². The van der Waals surface area contributed by atoms with Gasteiger partial charge in [-0.3, -0.25) is 14.2 Å². The number of aryl methyl sites for hydroxylation is 1. The molecule has 7 nitrogen and oxygen atoms in total. The van der Waals surface area contributed by atoms with Crippen LogP contribution in [-0.4, -0.2) is 35.8 Å². The predicted octanol–water partition coefficient (Wildman–Crippen LogP) is 4.05. The molecule has 3 rings (SSSR count). The smallest absolute Gasteiger partial charge is 0.265 e. The van der Waals surface area contributed by atoms with Gasteiger partial charge in [0, 0.05) is 19.2 Å². The van der Waals surface area contributed by atoms with Crippen LogP contribution in [0.4, 0.5) is 15.9 Å². The third kappa shape index (κ3) is 5.32. The maximum absolute atomic E-state index is 14.7. The number of nitrogens with zero attached hydrogens (tertiary/aromatic N) is 1. The first-order chi connectivity index (χ1) is 15.0. The van der Waals surface area contributed by atoms with Gasteiger partial charge in [0.2, 0.25) is 0 Å². The van der Waals surface area contributed by atoms with Gasteiger partial charge in [-0.2, -0.15) is 0 Å². The molecule has 32 heavy (non-hydrogen) atoms. The van der Waals surface area contributed by atoms with E-state index in [1.807, 2.05) is 56.4 Å².